The van der Waals surface area contributed by atoms with Crippen LogP contribution in [0.5, 0.6) is 16.7 Å². The fourth-order valence-electron chi connectivity index (χ4n) is 1.94. The van der Waals surface area contributed by atoms with Gasteiger partial charge in [-0.3, -0.25) is 0 Å². The average molecular weight is 300 g/mol. The molecule has 0 saturated carbocycles. The Bertz CT molecular complexity index is 738. The molecule has 2 N–H and O–H groups in total. The monoisotopic (exact) mass is 300 g/mol. The number of nitrogens with zero attached hydrogens (tertiary/aromatic N) is 1. The first-order valence-electron chi connectivity index (χ1n) is 6.72. The quantitative estimate of drug-likeness (QED) is 0.780. The van der Waals surface area contributed by atoms with E-state index in [0.717, 1.165) is 21.7 Å². The van der Waals surface area contributed by atoms with E-state index in [1.54, 1.807) is 11.3 Å². The van der Waals surface area contributed by atoms with Crippen LogP contribution < -0.4 is 15.2 Å². The second kappa shape index (κ2) is 6.11. The van der Waals surface area contributed by atoms with Gasteiger partial charge in [0.15, 0.2) is 0 Å². The molecular formula is C16H16N2O2S. The largest absolute Gasteiger partial charge is 0.492 e. The zero-order chi connectivity index (χ0) is 14.7. The lowest BCUT2D eigenvalue weighted by molar-refractivity contribution is 0.328. The van der Waals surface area contributed by atoms with Crippen molar-refractivity contribution in [1.29, 1.82) is 0 Å². The van der Waals surface area contributed by atoms with Crippen molar-refractivity contribution in [2.45, 2.75) is 6.92 Å². The van der Waals surface area contributed by atoms with Crippen LogP contribution in [-0.4, -0.2) is 18.1 Å². The first-order valence-corrected chi connectivity index (χ1v) is 7.54. The highest BCUT2D eigenvalue weighted by Crippen LogP contribution is 2.32. The van der Waals surface area contributed by atoms with Gasteiger partial charge in [-0.2, -0.15) is 0 Å². The molecule has 4 nitrogen and oxygen atoms in total. The molecule has 3 rings (SSSR count). The second-order valence-electron chi connectivity index (χ2n) is 4.66. The molecule has 0 atom stereocenters. The number of fused-ring (bicyclic) bond motifs is 1. The summed E-state index contributed by atoms with van der Waals surface area (Å²) in [6.45, 7) is 3.08. The highest BCUT2D eigenvalue weighted by atomic mass is 32.1. The standard InChI is InChI=1S/C16H16N2O2S/c1-11-2-7-14-15(10-11)21-16(18-14)20-13-5-3-12(4-6-13)19-9-8-17/h2-7,10H,8-9,17H2,1H3. The molecular weight excluding hydrogens is 284 g/mol. The number of hydrogen-bond donors (Lipinski definition) is 1. The van der Waals surface area contributed by atoms with Crippen LogP contribution in [0.4, 0.5) is 0 Å². The topological polar surface area (TPSA) is 57.4 Å². The minimum atomic E-state index is 0.503. The molecule has 5 heteroatoms. The number of aryl methyl sites for hydroxylation is 1. The van der Waals surface area contributed by atoms with Crippen molar-refractivity contribution < 1.29 is 9.47 Å². The maximum Gasteiger partial charge on any atom is 0.279 e. The first-order chi connectivity index (χ1) is 10.2. The Morgan fingerprint density at radius 2 is 1.86 bits per heavy atom. The molecule has 1 heterocycles. The molecule has 0 bridgehead atoms. The van der Waals surface area contributed by atoms with Crippen LogP contribution in [0.2, 0.25) is 0 Å². The zero-order valence-electron chi connectivity index (χ0n) is 11.7. The molecule has 0 radical (unpaired) electrons. The lowest BCUT2D eigenvalue weighted by Crippen LogP contribution is -2.10. The maximum absolute atomic E-state index is 5.79. The van der Waals surface area contributed by atoms with Crippen LogP contribution in [0.15, 0.2) is 42.5 Å². The van der Waals surface area contributed by atoms with E-state index in [0.29, 0.717) is 18.3 Å². The molecule has 108 valence electrons. The lowest BCUT2D eigenvalue weighted by atomic mass is 10.2. The zero-order valence-corrected chi connectivity index (χ0v) is 12.5. The number of hydrogen-bond acceptors (Lipinski definition) is 5. The fraction of sp³-hybridized carbons (Fsp3) is 0.188. The number of aromatic nitrogens is 1. The molecule has 0 unspecified atom stereocenters. The first kappa shape index (κ1) is 13.9. The summed E-state index contributed by atoms with van der Waals surface area (Å²) in [6, 6.07) is 13.6. The third kappa shape index (κ3) is 3.32. The smallest absolute Gasteiger partial charge is 0.279 e. The van der Waals surface area contributed by atoms with Gasteiger partial charge in [0.25, 0.3) is 5.19 Å². The van der Waals surface area contributed by atoms with E-state index in [-0.39, 0.29) is 0 Å². The molecule has 0 fully saturated rings. The summed E-state index contributed by atoms with van der Waals surface area (Å²) in [5, 5.41) is 0.645. The van der Waals surface area contributed by atoms with E-state index < -0.39 is 0 Å². The highest BCUT2D eigenvalue weighted by molar-refractivity contribution is 7.20. The second-order valence-corrected chi connectivity index (χ2v) is 5.65. The van der Waals surface area contributed by atoms with Crippen molar-refractivity contribution in [3.8, 4) is 16.7 Å². The number of benzene rings is 2. The van der Waals surface area contributed by atoms with Crippen molar-refractivity contribution in [3.63, 3.8) is 0 Å². The molecule has 0 spiro atoms. The van der Waals surface area contributed by atoms with Gasteiger partial charge in [0.1, 0.15) is 18.1 Å². The van der Waals surface area contributed by atoms with Crippen LogP contribution in [0.1, 0.15) is 5.56 Å². The normalized spacial score (nSPS) is 10.8. The summed E-state index contributed by atoms with van der Waals surface area (Å²) in [7, 11) is 0. The Balaban J connectivity index is 1.75. The van der Waals surface area contributed by atoms with Crippen LogP contribution >= 0.6 is 11.3 Å². The van der Waals surface area contributed by atoms with Gasteiger partial charge in [-0.25, -0.2) is 4.98 Å². The summed E-state index contributed by atoms with van der Waals surface area (Å²) < 4.78 is 12.4. The molecule has 0 saturated heterocycles. The summed E-state index contributed by atoms with van der Waals surface area (Å²) >= 11 is 1.54. The van der Waals surface area contributed by atoms with Gasteiger partial charge in [0, 0.05) is 6.54 Å². The van der Waals surface area contributed by atoms with E-state index in [2.05, 4.69) is 24.0 Å². The molecule has 0 amide bonds. The van der Waals surface area contributed by atoms with Gasteiger partial charge in [0.05, 0.1) is 10.2 Å². The minimum absolute atomic E-state index is 0.503. The molecule has 21 heavy (non-hydrogen) atoms. The number of ether oxygens (including phenoxy) is 2. The third-order valence-electron chi connectivity index (χ3n) is 2.94. The molecule has 1 aromatic heterocycles. The summed E-state index contributed by atoms with van der Waals surface area (Å²) in [4.78, 5) is 4.47. The van der Waals surface area contributed by atoms with Crippen LogP contribution in [-0.2, 0) is 0 Å². The number of thiazole rings is 1. The van der Waals surface area contributed by atoms with E-state index in [1.165, 1.54) is 5.56 Å². The predicted octanol–water partition coefficient (Wildman–Crippen LogP) is 3.73. The van der Waals surface area contributed by atoms with Crippen LogP contribution in [0, 0.1) is 6.92 Å². The van der Waals surface area contributed by atoms with E-state index in [9.17, 15) is 0 Å². The Hall–Kier alpha value is -2.11. The number of rotatable bonds is 5. The maximum atomic E-state index is 5.79. The molecule has 2 aromatic carbocycles. The molecule has 0 aliphatic rings. The molecule has 3 aromatic rings. The van der Waals surface area contributed by atoms with Crippen molar-refractivity contribution in [2.75, 3.05) is 13.2 Å². The Morgan fingerprint density at radius 3 is 2.62 bits per heavy atom. The number of nitrogens with two attached hydrogens (primary N) is 1. The van der Waals surface area contributed by atoms with E-state index >= 15 is 0 Å². The van der Waals surface area contributed by atoms with E-state index in [4.69, 9.17) is 15.2 Å². The van der Waals surface area contributed by atoms with Gasteiger partial charge in [0.2, 0.25) is 0 Å². The highest BCUT2D eigenvalue weighted by Gasteiger charge is 2.06. The Labute approximate surface area is 127 Å². The predicted molar refractivity (Wildman–Crippen MR) is 85.4 cm³/mol. The van der Waals surface area contributed by atoms with Crippen molar-refractivity contribution in [3.05, 3.63) is 48.0 Å². The summed E-state index contributed by atoms with van der Waals surface area (Å²) in [6.07, 6.45) is 0. The van der Waals surface area contributed by atoms with Gasteiger partial charge in [-0.05, 0) is 48.9 Å². The minimum Gasteiger partial charge on any atom is -0.492 e. The van der Waals surface area contributed by atoms with Gasteiger partial charge in [-0.1, -0.05) is 17.4 Å². The Morgan fingerprint density at radius 1 is 1.10 bits per heavy atom. The third-order valence-corrected chi connectivity index (χ3v) is 3.84. The summed E-state index contributed by atoms with van der Waals surface area (Å²) in [5.41, 5.74) is 7.58. The van der Waals surface area contributed by atoms with Gasteiger partial charge >= 0.3 is 0 Å². The fourth-order valence-corrected chi connectivity index (χ4v) is 2.87. The molecule has 0 aliphatic carbocycles. The van der Waals surface area contributed by atoms with Gasteiger partial charge in [-0.15, -0.1) is 0 Å². The molecule has 0 aliphatic heterocycles. The van der Waals surface area contributed by atoms with Gasteiger partial charge < -0.3 is 15.2 Å². The average Bonchev–Trinajstić information content (AvgIpc) is 2.88. The van der Waals surface area contributed by atoms with Crippen molar-refractivity contribution in [2.24, 2.45) is 5.73 Å². The van der Waals surface area contributed by atoms with Crippen molar-refractivity contribution >= 4 is 21.6 Å². The van der Waals surface area contributed by atoms with Crippen molar-refractivity contribution in [1.82, 2.24) is 4.98 Å². The van der Waals surface area contributed by atoms with E-state index in [1.807, 2.05) is 30.3 Å². The van der Waals surface area contributed by atoms with Crippen LogP contribution in [0.25, 0.3) is 10.2 Å². The lowest BCUT2D eigenvalue weighted by Gasteiger charge is -2.05. The summed E-state index contributed by atoms with van der Waals surface area (Å²) in [5.74, 6) is 1.53. The van der Waals surface area contributed by atoms with Crippen LogP contribution in [0.3, 0.4) is 0 Å². The Kier molecular flexibility index (Phi) is 4.03. The SMILES string of the molecule is Cc1ccc2nc(Oc3ccc(OCCN)cc3)sc2c1.